The van der Waals surface area contributed by atoms with Crippen LogP contribution >= 0.6 is 15.9 Å². The van der Waals surface area contributed by atoms with Gasteiger partial charge in [0.1, 0.15) is 0 Å². The summed E-state index contributed by atoms with van der Waals surface area (Å²) in [5.74, 6) is -1.08. The number of halogens is 4. The first-order valence-corrected chi connectivity index (χ1v) is 4.64. The average molecular weight is 294 g/mol. The van der Waals surface area contributed by atoms with Crippen molar-refractivity contribution >= 4 is 27.9 Å². The molecule has 0 saturated carbocycles. The van der Waals surface area contributed by atoms with Crippen LogP contribution in [0.25, 0.3) is 0 Å². The zero-order chi connectivity index (χ0) is 12.3. The molecule has 1 amide bonds. The zero-order valence-electron chi connectivity index (χ0n) is 7.51. The third kappa shape index (κ3) is 2.77. The van der Waals surface area contributed by atoms with Crippen molar-refractivity contribution in [2.45, 2.75) is 6.18 Å². The van der Waals surface area contributed by atoms with Crippen LogP contribution in [0, 0.1) is 0 Å². The Balaban J connectivity index is 3.29. The van der Waals surface area contributed by atoms with E-state index in [1.165, 1.54) is 0 Å². The van der Waals surface area contributed by atoms with Crippen LogP contribution in [0.4, 0.5) is 13.2 Å². The summed E-state index contributed by atoms with van der Waals surface area (Å²) < 4.78 is 37.1. The fraction of sp³-hybridized carbons (Fsp3) is 0.111. The molecule has 0 unspecified atom stereocenters. The molecule has 0 N–H and O–H groups in total. The summed E-state index contributed by atoms with van der Waals surface area (Å²) in [5.41, 5.74) is -1.32. The van der Waals surface area contributed by atoms with E-state index in [4.69, 9.17) is 0 Å². The quantitative estimate of drug-likeness (QED) is 0.590. The second kappa shape index (κ2) is 4.59. The van der Waals surface area contributed by atoms with Gasteiger partial charge < -0.3 is 0 Å². The van der Waals surface area contributed by atoms with Crippen LogP contribution < -0.4 is 0 Å². The molecule has 1 rings (SSSR count). The van der Waals surface area contributed by atoms with Crippen molar-refractivity contribution in [3.63, 3.8) is 0 Å². The average Bonchev–Trinajstić information content (AvgIpc) is 2.16. The third-order valence-electron chi connectivity index (χ3n) is 1.67. The van der Waals surface area contributed by atoms with Crippen molar-refractivity contribution in [2.24, 2.45) is 4.99 Å². The largest absolute Gasteiger partial charge is 0.416 e. The minimum atomic E-state index is -4.55. The highest BCUT2D eigenvalue weighted by molar-refractivity contribution is 9.10. The van der Waals surface area contributed by atoms with E-state index in [9.17, 15) is 22.8 Å². The highest BCUT2D eigenvalue weighted by Crippen LogP contribution is 2.32. The number of aliphatic imine (C=N–C) groups is 1. The SMILES string of the molecule is O=C=NC(=O)c1cc(C(F)(F)F)ccc1Br. The van der Waals surface area contributed by atoms with Gasteiger partial charge in [0.25, 0.3) is 5.91 Å². The van der Waals surface area contributed by atoms with Gasteiger partial charge in [-0.05, 0) is 34.1 Å². The van der Waals surface area contributed by atoms with Gasteiger partial charge >= 0.3 is 6.18 Å². The predicted molar refractivity (Wildman–Crippen MR) is 51.6 cm³/mol. The lowest BCUT2D eigenvalue weighted by molar-refractivity contribution is -0.137. The molecule has 0 saturated heterocycles. The Labute approximate surface area is 96.1 Å². The first-order valence-electron chi connectivity index (χ1n) is 3.85. The van der Waals surface area contributed by atoms with E-state index in [0.717, 1.165) is 18.2 Å². The van der Waals surface area contributed by atoms with Gasteiger partial charge in [-0.3, -0.25) is 4.79 Å². The number of hydrogen-bond acceptors (Lipinski definition) is 2. The Morgan fingerprint density at radius 3 is 2.50 bits per heavy atom. The second-order valence-electron chi connectivity index (χ2n) is 2.70. The van der Waals surface area contributed by atoms with Crippen molar-refractivity contribution < 1.29 is 22.8 Å². The number of isocyanates is 1. The lowest BCUT2D eigenvalue weighted by atomic mass is 10.1. The van der Waals surface area contributed by atoms with Gasteiger partial charge in [0.15, 0.2) is 0 Å². The summed E-state index contributed by atoms with van der Waals surface area (Å²) in [6.45, 7) is 0. The number of nitrogens with zero attached hydrogens (tertiary/aromatic N) is 1. The van der Waals surface area contributed by atoms with Crippen LogP contribution in [0.1, 0.15) is 15.9 Å². The Hall–Kier alpha value is -1.46. The Morgan fingerprint density at radius 2 is 2.00 bits per heavy atom. The van der Waals surface area contributed by atoms with E-state index in [2.05, 4.69) is 20.9 Å². The van der Waals surface area contributed by atoms with Gasteiger partial charge in [0, 0.05) is 4.47 Å². The van der Waals surface area contributed by atoms with Crippen molar-refractivity contribution in [2.75, 3.05) is 0 Å². The lowest BCUT2D eigenvalue weighted by Gasteiger charge is -2.08. The summed E-state index contributed by atoms with van der Waals surface area (Å²) >= 11 is 2.89. The third-order valence-corrected chi connectivity index (χ3v) is 2.36. The summed E-state index contributed by atoms with van der Waals surface area (Å²) in [6, 6.07) is 2.50. The molecule has 84 valence electrons. The van der Waals surface area contributed by atoms with E-state index >= 15 is 0 Å². The molecule has 1 aromatic rings. The second-order valence-corrected chi connectivity index (χ2v) is 3.55. The summed E-state index contributed by atoms with van der Waals surface area (Å²) in [7, 11) is 0. The van der Waals surface area contributed by atoms with Crippen LogP contribution in [0.3, 0.4) is 0 Å². The number of amides is 1. The predicted octanol–water partition coefficient (Wildman–Crippen LogP) is 2.94. The Bertz CT molecular complexity index is 478. The first-order chi connectivity index (χ1) is 7.36. The van der Waals surface area contributed by atoms with Gasteiger partial charge in [-0.15, -0.1) is 4.99 Å². The fourth-order valence-electron chi connectivity index (χ4n) is 0.967. The van der Waals surface area contributed by atoms with E-state index in [0.29, 0.717) is 6.07 Å². The summed E-state index contributed by atoms with van der Waals surface area (Å²) in [6.07, 6.45) is -3.58. The molecule has 0 radical (unpaired) electrons. The van der Waals surface area contributed by atoms with Crippen LogP contribution in [0.15, 0.2) is 27.7 Å². The van der Waals surface area contributed by atoms with Gasteiger partial charge in [0.2, 0.25) is 6.08 Å². The van der Waals surface area contributed by atoms with Crippen molar-refractivity contribution in [1.82, 2.24) is 0 Å². The van der Waals surface area contributed by atoms with Crippen LogP contribution in [0.5, 0.6) is 0 Å². The summed E-state index contributed by atoms with van der Waals surface area (Å²) in [4.78, 5) is 23.7. The van der Waals surface area contributed by atoms with E-state index < -0.39 is 17.6 Å². The number of carbonyl (C=O) groups excluding carboxylic acids is 2. The smallest absolute Gasteiger partial charge is 0.266 e. The molecule has 0 aromatic heterocycles. The topological polar surface area (TPSA) is 46.5 Å². The van der Waals surface area contributed by atoms with Gasteiger partial charge in [-0.25, -0.2) is 4.79 Å². The van der Waals surface area contributed by atoms with Crippen LogP contribution in [-0.2, 0) is 11.0 Å². The monoisotopic (exact) mass is 293 g/mol. The van der Waals surface area contributed by atoms with Crippen LogP contribution in [0.2, 0.25) is 0 Å². The molecular weight excluding hydrogens is 291 g/mol. The molecule has 7 heteroatoms. The Morgan fingerprint density at radius 1 is 1.38 bits per heavy atom. The number of hydrogen-bond donors (Lipinski definition) is 0. The summed E-state index contributed by atoms with van der Waals surface area (Å²) in [5, 5.41) is 0. The van der Waals surface area contributed by atoms with E-state index in [1.54, 1.807) is 0 Å². The van der Waals surface area contributed by atoms with Gasteiger partial charge in [-0.2, -0.15) is 13.2 Å². The molecule has 16 heavy (non-hydrogen) atoms. The molecule has 0 aliphatic rings. The number of alkyl halides is 3. The molecule has 0 atom stereocenters. The maximum atomic E-state index is 12.3. The van der Waals surface area contributed by atoms with E-state index in [1.807, 2.05) is 0 Å². The minimum absolute atomic E-state index is 0.129. The number of benzene rings is 1. The zero-order valence-corrected chi connectivity index (χ0v) is 9.09. The highest BCUT2D eigenvalue weighted by Gasteiger charge is 2.31. The first kappa shape index (κ1) is 12.6. The van der Waals surface area contributed by atoms with Gasteiger partial charge in [0.05, 0.1) is 11.1 Å². The maximum absolute atomic E-state index is 12.3. The minimum Gasteiger partial charge on any atom is -0.266 e. The fourth-order valence-corrected chi connectivity index (χ4v) is 1.38. The normalized spacial score (nSPS) is 10.8. The molecule has 0 bridgehead atoms. The lowest BCUT2D eigenvalue weighted by Crippen LogP contribution is -2.07. The van der Waals surface area contributed by atoms with Crippen LogP contribution in [-0.4, -0.2) is 12.0 Å². The van der Waals surface area contributed by atoms with Crippen molar-refractivity contribution in [1.29, 1.82) is 0 Å². The molecule has 0 aliphatic carbocycles. The van der Waals surface area contributed by atoms with Gasteiger partial charge in [-0.1, -0.05) is 0 Å². The molecular formula is C9H3BrF3NO2. The molecule has 0 aliphatic heterocycles. The highest BCUT2D eigenvalue weighted by atomic mass is 79.9. The van der Waals surface area contributed by atoms with Crippen molar-refractivity contribution in [3.8, 4) is 0 Å². The molecule has 1 aromatic carbocycles. The molecule has 0 heterocycles. The maximum Gasteiger partial charge on any atom is 0.416 e. The van der Waals surface area contributed by atoms with Crippen molar-refractivity contribution in [3.05, 3.63) is 33.8 Å². The number of carbonyl (C=O) groups is 1. The molecule has 3 nitrogen and oxygen atoms in total. The standard InChI is InChI=1S/C9H3BrF3NO2/c10-7-2-1-5(9(11,12)13)3-6(7)8(16)14-4-15/h1-3H. The van der Waals surface area contributed by atoms with E-state index in [-0.39, 0.29) is 10.0 Å². The number of rotatable bonds is 1. The Kier molecular flexibility index (Phi) is 3.62. The molecule has 0 fully saturated rings. The molecule has 0 spiro atoms.